The van der Waals surface area contributed by atoms with E-state index in [1.54, 1.807) is 13.0 Å². The molecule has 1 aromatic rings. The number of allylic oxidation sites excluding steroid dienone is 2. The van der Waals surface area contributed by atoms with Crippen molar-refractivity contribution in [1.29, 1.82) is 0 Å². The van der Waals surface area contributed by atoms with Crippen molar-refractivity contribution >= 4 is 23.2 Å². The van der Waals surface area contributed by atoms with Gasteiger partial charge >= 0.3 is 0 Å². The molecule has 2 amide bonds. The summed E-state index contributed by atoms with van der Waals surface area (Å²) in [7, 11) is 0. The summed E-state index contributed by atoms with van der Waals surface area (Å²) in [4.78, 5) is 37.2. The summed E-state index contributed by atoms with van der Waals surface area (Å²) >= 11 is 0. The molecule has 2 bridgehead atoms. The predicted octanol–water partition coefficient (Wildman–Crippen LogP) is 2.21. The first-order valence-corrected chi connectivity index (χ1v) is 7.30. The van der Waals surface area contributed by atoms with E-state index in [4.69, 9.17) is 0 Å². The van der Waals surface area contributed by atoms with Gasteiger partial charge in [-0.1, -0.05) is 18.2 Å². The molecule has 0 N–H and O–H groups in total. The number of amides is 2. The number of aryl methyl sites for hydroxylation is 1. The van der Waals surface area contributed by atoms with E-state index in [0.717, 1.165) is 16.9 Å². The normalized spacial score (nSPS) is 32.0. The van der Waals surface area contributed by atoms with E-state index < -0.39 is 4.92 Å². The second-order valence-corrected chi connectivity index (χ2v) is 6.26. The lowest BCUT2D eigenvalue weighted by Gasteiger charge is -2.17. The van der Waals surface area contributed by atoms with Crippen LogP contribution in [-0.2, 0) is 9.59 Å². The van der Waals surface area contributed by atoms with E-state index in [1.165, 1.54) is 12.1 Å². The van der Waals surface area contributed by atoms with E-state index in [0.29, 0.717) is 0 Å². The lowest BCUT2D eigenvalue weighted by molar-refractivity contribution is -0.384. The Kier molecular flexibility index (Phi) is 2.55. The lowest BCUT2D eigenvalue weighted by Crippen LogP contribution is -2.33. The molecule has 0 unspecified atom stereocenters. The van der Waals surface area contributed by atoms with Crippen LogP contribution in [0.3, 0.4) is 0 Å². The van der Waals surface area contributed by atoms with Gasteiger partial charge in [0.05, 0.1) is 16.8 Å². The van der Waals surface area contributed by atoms with Crippen molar-refractivity contribution < 1.29 is 14.5 Å². The number of nitrogens with zero attached hydrogens (tertiary/aromatic N) is 2. The molecule has 1 heterocycles. The maximum absolute atomic E-state index is 12.7. The Bertz CT molecular complexity index is 725. The van der Waals surface area contributed by atoms with Crippen LogP contribution in [0.5, 0.6) is 0 Å². The fraction of sp³-hybridized carbons (Fsp3) is 0.375. The second kappa shape index (κ2) is 4.25. The van der Waals surface area contributed by atoms with Gasteiger partial charge in [0, 0.05) is 6.07 Å². The minimum Gasteiger partial charge on any atom is -0.274 e. The third-order valence-electron chi connectivity index (χ3n) is 5.04. The summed E-state index contributed by atoms with van der Waals surface area (Å²) in [6, 6.07) is 4.58. The van der Waals surface area contributed by atoms with Crippen molar-refractivity contribution in [2.24, 2.45) is 23.7 Å². The fourth-order valence-electron chi connectivity index (χ4n) is 4.11. The van der Waals surface area contributed by atoms with Gasteiger partial charge in [-0.25, -0.2) is 4.90 Å². The van der Waals surface area contributed by atoms with Crippen LogP contribution >= 0.6 is 0 Å². The molecule has 1 saturated heterocycles. The van der Waals surface area contributed by atoms with Crippen LogP contribution in [0.2, 0.25) is 0 Å². The van der Waals surface area contributed by atoms with Crippen molar-refractivity contribution in [3.63, 3.8) is 0 Å². The summed E-state index contributed by atoms with van der Waals surface area (Å²) in [5, 5.41) is 11.3. The van der Waals surface area contributed by atoms with Crippen molar-refractivity contribution in [2.75, 3.05) is 4.90 Å². The van der Waals surface area contributed by atoms with Crippen molar-refractivity contribution in [2.45, 2.75) is 13.3 Å². The minimum atomic E-state index is -0.538. The molecule has 4 atom stereocenters. The molecule has 6 heteroatoms. The van der Waals surface area contributed by atoms with Crippen LogP contribution in [0.25, 0.3) is 0 Å². The Balaban J connectivity index is 1.81. The molecular weight excluding hydrogens is 284 g/mol. The highest BCUT2D eigenvalue weighted by molar-refractivity contribution is 6.23. The first-order chi connectivity index (χ1) is 10.5. The molecule has 0 spiro atoms. The predicted molar refractivity (Wildman–Crippen MR) is 78.0 cm³/mol. The van der Waals surface area contributed by atoms with Crippen LogP contribution in [-0.4, -0.2) is 16.7 Å². The molecule has 6 nitrogen and oxygen atoms in total. The second-order valence-electron chi connectivity index (χ2n) is 6.26. The first-order valence-electron chi connectivity index (χ1n) is 7.30. The minimum absolute atomic E-state index is 0.0967. The highest BCUT2D eigenvalue weighted by Crippen LogP contribution is 2.53. The molecule has 112 valence electrons. The van der Waals surface area contributed by atoms with E-state index in [9.17, 15) is 19.7 Å². The van der Waals surface area contributed by atoms with Gasteiger partial charge < -0.3 is 0 Å². The van der Waals surface area contributed by atoms with Crippen LogP contribution in [0, 0.1) is 40.7 Å². The Labute approximate surface area is 126 Å². The van der Waals surface area contributed by atoms with Gasteiger partial charge in [-0.3, -0.25) is 19.7 Å². The molecular formula is C16H14N2O4. The number of fused-ring (bicyclic) bond motifs is 5. The number of hydrogen-bond acceptors (Lipinski definition) is 4. The highest BCUT2D eigenvalue weighted by Gasteiger charge is 2.60. The maximum atomic E-state index is 12.7. The molecule has 3 aliphatic rings. The number of rotatable bonds is 2. The number of nitro benzene ring substituents is 1. The third-order valence-corrected chi connectivity index (χ3v) is 5.04. The van der Waals surface area contributed by atoms with Crippen molar-refractivity contribution in [3.8, 4) is 0 Å². The monoisotopic (exact) mass is 298 g/mol. The smallest absolute Gasteiger partial charge is 0.274 e. The molecule has 22 heavy (non-hydrogen) atoms. The summed E-state index contributed by atoms with van der Waals surface area (Å²) in [5.41, 5.74) is 0.623. The number of nitro groups is 1. The summed E-state index contributed by atoms with van der Waals surface area (Å²) < 4.78 is 0. The molecule has 0 radical (unpaired) electrons. The quantitative estimate of drug-likeness (QED) is 0.363. The van der Waals surface area contributed by atoms with Gasteiger partial charge in [0.15, 0.2) is 0 Å². The van der Waals surface area contributed by atoms with Gasteiger partial charge in [0.25, 0.3) is 5.69 Å². The van der Waals surface area contributed by atoms with Gasteiger partial charge in [-0.05, 0) is 36.8 Å². The van der Waals surface area contributed by atoms with Gasteiger partial charge in [0.2, 0.25) is 11.8 Å². The number of anilines is 1. The standard InChI is InChI=1S/C16H14N2O4/c1-8-2-5-11(12(6-8)18(21)22)17-15(19)13-9-3-4-10(7-9)14(13)16(17)20/h2-6,9-10,13-14H,7H2,1H3/t9-,10+,13-,14+. The van der Waals surface area contributed by atoms with E-state index in [-0.39, 0.29) is 46.9 Å². The van der Waals surface area contributed by atoms with Crippen LogP contribution in [0.15, 0.2) is 30.4 Å². The maximum Gasteiger partial charge on any atom is 0.293 e. The van der Waals surface area contributed by atoms with Gasteiger partial charge in [-0.2, -0.15) is 0 Å². The largest absolute Gasteiger partial charge is 0.293 e. The zero-order valence-electron chi connectivity index (χ0n) is 11.9. The molecule has 4 rings (SSSR count). The Morgan fingerprint density at radius 2 is 1.73 bits per heavy atom. The van der Waals surface area contributed by atoms with E-state index in [2.05, 4.69) is 0 Å². The Hall–Kier alpha value is -2.50. The van der Waals surface area contributed by atoms with Crippen LogP contribution in [0.4, 0.5) is 11.4 Å². The topological polar surface area (TPSA) is 80.5 Å². The van der Waals surface area contributed by atoms with Crippen LogP contribution in [0.1, 0.15) is 12.0 Å². The Morgan fingerprint density at radius 1 is 1.14 bits per heavy atom. The fourth-order valence-corrected chi connectivity index (χ4v) is 4.11. The van der Waals surface area contributed by atoms with Crippen molar-refractivity contribution in [1.82, 2.24) is 0 Å². The summed E-state index contributed by atoms with van der Waals surface area (Å²) in [6.07, 6.45) is 4.85. The van der Waals surface area contributed by atoms with Crippen LogP contribution < -0.4 is 4.90 Å². The van der Waals surface area contributed by atoms with Crippen molar-refractivity contribution in [3.05, 3.63) is 46.0 Å². The molecule has 1 saturated carbocycles. The number of benzene rings is 1. The van der Waals surface area contributed by atoms with Gasteiger partial charge in [0.1, 0.15) is 5.69 Å². The zero-order valence-corrected chi connectivity index (χ0v) is 11.9. The molecule has 1 aliphatic heterocycles. The van der Waals surface area contributed by atoms with E-state index in [1.807, 2.05) is 12.2 Å². The highest BCUT2D eigenvalue weighted by atomic mass is 16.6. The molecule has 2 aliphatic carbocycles. The summed E-state index contributed by atoms with van der Waals surface area (Å²) in [5.74, 6) is -1.08. The average molecular weight is 298 g/mol. The Morgan fingerprint density at radius 3 is 2.27 bits per heavy atom. The van der Waals surface area contributed by atoms with Gasteiger partial charge in [-0.15, -0.1) is 0 Å². The summed E-state index contributed by atoms with van der Waals surface area (Å²) in [6.45, 7) is 1.74. The molecule has 2 fully saturated rings. The number of imide groups is 1. The average Bonchev–Trinajstić information content (AvgIpc) is 3.14. The number of carbonyl (C=O) groups is 2. The number of carbonyl (C=O) groups excluding carboxylic acids is 2. The molecule has 0 aromatic heterocycles. The first kappa shape index (κ1) is 13.2. The molecule has 1 aromatic carbocycles. The lowest BCUT2D eigenvalue weighted by atomic mass is 9.85. The zero-order chi connectivity index (χ0) is 15.6. The van der Waals surface area contributed by atoms with E-state index >= 15 is 0 Å². The third kappa shape index (κ3) is 1.55. The SMILES string of the molecule is Cc1ccc(N2C(=O)[C@@H]3[C@H](C2=O)[C@@H]2C=C[C@H]3C2)c([N+](=O)[O-])c1. The number of hydrogen-bond donors (Lipinski definition) is 0.